The van der Waals surface area contributed by atoms with Gasteiger partial charge in [0.1, 0.15) is 0 Å². The average Bonchev–Trinajstić information content (AvgIpc) is 3.18. The van der Waals surface area contributed by atoms with E-state index in [-0.39, 0.29) is 16.8 Å². The molecule has 0 N–H and O–H groups in total. The molecule has 0 spiro atoms. The Morgan fingerprint density at radius 3 is 2.77 bits per heavy atom. The molecule has 0 heterocycles. The summed E-state index contributed by atoms with van der Waals surface area (Å²) in [7, 11) is 1.41. The number of ether oxygens (including phenoxy) is 1. The number of carbonyl (C=O) groups excluding carboxylic acids is 1. The van der Waals surface area contributed by atoms with Crippen LogP contribution in [0.25, 0.3) is 11.1 Å². The monoisotopic (exact) mass is 289 g/mol. The Morgan fingerprint density at radius 1 is 1.18 bits per heavy atom. The highest BCUT2D eigenvalue weighted by atomic mass is 16.5. The van der Waals surface area contributed by atoms with E-state index in [1.54, 1.807) is 0 Å². The maximum atomic E-state index is 12.5. The summed E-state index contributed by atoms with van der Waals surface area (Å²) in [6.07, 6.45) is 9.07. The van der Waals surface area contributed by atoms with Crippen LogP contribution in [0.15, 0.2) is 54.6 Å². The molecule has 3 atom stereocenters. The highest BCUT2D eigenvalue weighted by molar-refractivity contribution is 6.04. The topological polar surface area (TPSA) is 26.3 Å². The Labute approximate surface area is 130 Å². The minimum Gasteiger partial charge on any atom is -0.465 e. The lowest BCUT2D eigenvalue weighted by atomic mass is 9.86. The first-order chi connectivity index (χ1) is 11.2. The first kappa shape index (κ1) is 11.2. The molecule has 1 fully saturated rings. The molecule has 0 aromatic rings. The van der Waals surface area contributed by atoms with Crippen molar-refractivity contribution in [3.63, 3.8) is 0 Å². The van der Waals surface area contributed by atoms with E-state index in [9.17, 15) is 4.79 Å². The van der Waals surface area contributed by atoms with Crippen molar-refractivity contribution < 1.29 is 10.9 Å². The molecule has 0 amide bonds. The standard InChI is InChI=1S/C20H16O2/c1-22-18(21)16-13-7-3-2-4-8-14(13)17-15(16)11-19-9-5-6-10-20(17,19)12-19/h2-10H,11-12H2,1H3/t19-,20-/m1/s1/i11D/t11-,19+,20+/m0. The molecule has 5 aliphatic rings. The molecule has 108 valence electrons. The van der Waals surface area contributed by atoms with Gasteiger partial charge in [-0.15, -0.1) is 0 Å². The first-order valence-electron chi connectivity index (χ1n) is 8.17. The zero-order chi connectivity index (χ0) is 15.8. The second kappa shape index (κ2) is 3.70. The summed E-state index contributed by atoms with van der Waals surface area (Å²) in [5.41, 5.74) is 4.35. The van der Waals surface area contributed by atoms with Crippen LogP contribution in [0.3, 0.4) is 0 Å². The lowest BCUT2D eigenvalue weighted by molar-refractivity contribution is 0.0601. The van der Waals surface area contributed by atoms with Crippen molar-refractivity contribution in [1.82, 2.24) is 0 Å². The van der Waals surface area contributed by atoms with Crippen LogP contribution in [0.1, 0.15) is 29.3 Å². The first-order valence-corrected chi connectivity index (χ1v) is 7.59. The quantitative estimate of drug-likeness (QED) is 0.745. The van der Waals surface area contributed by atoms with Crippen molar-refractivity contribution in [1.29, 1.82) is 0 Å². The molecular weight excluding hydrogens is 272 g/mol. The summed E-state index contributed by atoms with van der Waals surface area (Å²) in [6, 6.07) is 9.95. The Hall–Kier alpha value is -2.35. The van der Waals surface area contributed by atoms with Crippen LogP contribution in [0.2, 0.25) is 0 Å². The van der Waals surface area contributed by atoms with E-state index >= 15 is 0 Å². The lowest BCUT2D eigenvalue weighted by Gasteiger charge is -2.17. The maximum Gasteiger partial charge on any atom is 0.338 e. The van der Waals surface area contributed by atoms with Gasteiger partial charge in [-0.1, -0.05) is 54.6 Å². The number of carbonyl (C=O) groups is 1. The largest absolute Gasteiger partial charge is 0.465 e. The molecule has 0 aliphatic heterocycles. The summed E-state index contributed by atoms with van der Waals surface area (Å²) < 4.78 is 13.9. The van der Waals surface area contributed by atoms with Crippen molar-refractivity contribution in [2.24, 2.45) is 5.41 Å². The summed E-state index contributed by atoms with van der Waals surface area (Å²) in [6.45, 7) is 0. The molecular formula is C20H16O2. The predicted octanol–water partition coefficient (Wildman–Crippen LogP) is 3.89. The summed E-state index contributed by atoms with van der Waals surface area (Å²) >= 11 is 0. The third-order valence-electron chi connectivity index (χ3n) is 5.52. The fourth-order valence-electron chi connectivity index (χ4n) is 4.52. The van der Waals surface area contributed by atoms with E-state index < -0.39 is 6.40 Å². The van der Waals surface area contributed by atoms with E-state index in [0.717, 1.165) is 23.1 Å². The van der Waals surface area contributed by atoms with Gasteiger partial charge in [0.25, 0.3) is 0 Å². The molecule has 1 saturated carbocycles. The maximum absolute atomic E-state index is 12.5. The molecule has 0 radical (unpaired) electrons. The minimum absolute atomic E-state index is 0.109. The van der Waals surface area contributed by atoms with Crippen LogP contribution >= 0.6 is 0 Å². The van der Waals surface area contributed by atoms with Crippen molar-refractivity contribution in [2.75, 3.05) is 7.11 Å². The van der Waals surface area contributed by atoms with Crippen LogP contribution in [0, 0.1) is 5.41 Å². The van der Waals surface area contributed by atoms with Gasteiger partial charge in [-0.25, -0.2) is 4.79 Å². The van der Waals surface area contributed by atoms with Crippen LogP contribution in [-0.2, 0) is 16.5 Å². The van der Waals surface area contributed by atoms with Gasteiger partial charge < -0.3 is 4.74 Å². The number of hydrogen-bond acceptors (Lipinski definition) is 2. The fraction of sp³-hybridized carbons (Fsp3) is 0.250. The molecule has 0 aromatic carbocycles. The summed E-state index contributed by atoms with van der Waals surface area (Å²) in [5, 5.41) is 0. The number of rotatable bonds is 1. The number of methoxy groups -OCH3 is 1. The van der Waals surface area contributed by atoms with Gasteiger partial charge in [0, 0.05) is 12.2 Å². The molecule has 2 heteroatoms. The molecule has 5 rings (SSSR count). The predicted molar refractivity (Wildman–Crippen MR) is 85.1 cm³/mol. The van der Waals surface area contributed by atoms with Gasteiger partial charge in [-0.2, -0.15) is 0 Å². The number of hydrogen-bond donors (Lipinski definition) is 0. The summed E-state index contributed by atoms with van der Waals surface area (Å²) in [4.78, 5) is 12.5. The zero-order valence-electron chi connectivity index (χ0n) is 13.3. The molecule has 22 heavy (non-hydrogen) atoms. The Kier molecular flexibility index (Phi) is 1.89. The SMILES string of the molecule is [2H][C@H]1c2c(C(=O)OC)c3cccccc-3c2[C@]23C=CC=C[C@]12C3. The molecule has 0 saturated heterocycles. The Balaban J connectivity index is 1.91. The third kappa shape index (κ3) is 1.17. The second-order valence-corrected chi connectivity index (χ2v) is 6.44. The van der Waals surface area contributed by atoms with Gasteiger partial charge in [-0.3, -0.25) is 0 Å². The van der Waals surface area contributed by atoms with E-state index in [1.807, 2.05) is 30.3 Å². The molecule has 5 aliphatic carbocycles. The zero-order valence-corrected chi connectivity index (χ0v) is 12.3. The van der Waals surface area contributed by atoms with E-state index in [2.05, 4.69) is 24.3 Å². The van der Waals surface area contributed by atoms with E-state index in [1.165, 1.54) is 12.7 Å². The van der Waals surface area contributed by atoms with Crippen molar-refractivity contribution in [2.45, 2.75) is 18.2 Å². The van der Waals surface area contributed by atoms with Crippen molar-refractivity contribution in [3.05, 3.63) is 71.3 Å². The van der Waals surface area contributed by atoms with Crippen molar-refractivity contribution in [3.8, 4) is 11.1 Å². The van der Waals surface area contributed by atoms with Crippen LogP contribution in [0.5, 0.6) is 0 Å². The highest BCUT2D eigenvalue weighted by Gasteiger charge is 2.71. The number of allylic oxidation sites excluding steroid dienone is 4. The molecule has 0 bridgehead atoms. The van der Waals surface area contributed by atoms with Crippen LogP contribution in [-0.4, -0.2) is 13.1 Å². The van der Waals surface area contributed by atoms with Crippen LogP contribution in [0.4, 0.5) is 0 Å². The van der Waals surface area contributed by atoms with E-state index in [4.69, 9.17) is 6.11 Å². The normalized spacial score (nSPS) is 33.9. The average molecular weight is 289 g/mol. The van der Waals surface area contributed by atoms with Gasteiger partial charge in [0.05, 0.1) is 12.7 Å². The Morgan fingerprint density at radius 2 is 1.95 bits per heavy atom. The van der Waals surface area contributed by atoms with Gasteiger partial charge in [0.2, 0.25) is 0 Å². The van der Waals surface area contributed by atoms with Gasteiger partial charge in [-0.05, 0) is 35.1 Å². The minimum atomic E-state index is -0.412. The van der Waals surface area contributed by atoms with Gasteiger partial charge in [0.15, 0.2) is 0 Å². The van der Waals surface area contributed by atoms with Crippen molar-refractivity contribution >= 4 is 5.97 Å². The highest BCUT2D eigenvalue weighted by Crippen LogP contribution is 2.76. The van der Waals surface area contributed by atoms with E-state index in [0.29, 0.717) is 5.56 Å². The lowest BCUT2D eigenvalue weighted by Crippen LogP contribution is -2.12. The Bertz CT molecular complexity index is 897. The van der Waals surface area contributed by atoms with Crippen LogP contribution < -0.4 is 0 Å². The number of esters is 1. The fourth-order valence-corrected chi connectivity index (χ4v) is 4.52. The molecule has 2 nitrogen and oxygen atoms in total. The van der Waals surface area contributed by atoms with Gasteiger partial charge >= 0.3 is 5.97 Å². The second-order valence-electron chi connectivity index (χ2n) is 6.44. The number of fused-ring (bicyclic) bond motifs is 3. The molecule has 0 aromatic heterocycles. The molecule has 0 unspecified atom stereocenters. The third-order valence-corrected chi connectivity index (χ3v) is 5.52. The summed E-state index contributed by atoms with van der Waals surface area (Å²) in [5.74, 6) is -0.335. The smallest absolute Gasteiger partial charge is 0.338 e.